The topological polar surface area (TPSA) is 9.23 Å². The minimum absolute atomic E-state index is 0.0376. The van der Waals surface area contributed by atoms with Gasteiger partial charge in [-0.15, -0.1) is 0 Å². The molecule has 1 atom stereocenters. The summed E-state index contributed by atoms with van der Waals surface area (Å²) in [6, 6.07) is 4.48. The largest absolute Gasteiger partial charge is 0.487 e. The Labute approximate surface area is 186 Å². The van der Waals surface area contributed by atoms with Gasteiger partial charge in [0.05, 0.1) is 0 Å². The molecule has 0 amide bonds. The summed E-state index contributed by atoms with van der Waals surface area (Å²) < 4.78 is 6.54. The van der Waals surface area contributed by atoms with Crippen molar-refractivity contribution in [2.45, 2.75) is 112 Å². The Bertz CT molecular complexity index is 789. The fourth-order valence-electron chi connectivity index (χ4n) is 4.20. The molecule has 1 nitrogen and oxygen atoms in total. The van der Waals surface area contributed by atoms with Crippen LogP contribution >= 0.6 is 0 Å². The molecule has 1 aliphatic rings. The minimum Gasteiger partial charge on any atom is -0.487 e. The van der Waals surface area contributed by atoms with Gasteiger partial charge in [-0.3, -0.25) is 0 Å². The van der Waals surface area contributed by atoms with Gasteiger partial charge in [0.25, 0.3) is 0 Å². The third-order valence-electron chi connectivity index (χ3n) is 6.56. The minimum atomic E-state index is -0.0376. The summed E-state index contributed by atoms with van der Waals surface area (Å²) in [5, 5.41) is 0. The van der Waals surface area contributed by atoms with Crippen molar-refractivity contribution in [1.29, 1.82) is 0 Å². The van der Waals surface area contributed by atoms with Crippen molar-refractivity contribution in [2.24, 2.45) is 0 Å². The van der Waals surface area contributed by atoms with E-state index in [0.29, 0.717) is 0 Å². The van der Waals surface area contributed by atoms with E-state index in [1.807, 2.05) is 0 Å². The first-order chi connectivity index (χ1) is 14.2. The Morgan fingerprint density at radius 1 is 0.933 bits per heavy atom. The number of hydrogen-bond donors (Lipinski definition) is 0. The molecule has 0 bridgehead atoms. The van der Waals surface area contributed by atoms with Gasteiger partial charge >= 0.3 is 0 Å². The van der Waals surface area contributed by atoms with Crippen LogP contribution in [0.25, 0.3) is 0 Å². The molecule has 0 aromatic heterocycles. The maximum absolute atomic E-state index is 6.54. The van der Waals surface area contributed by atoms with Crippen LogP contribution in [0.5, 0.6) is 5.75 Å². The van der Waals surface area contributed by atoms with Gasteiger partial charge in [0.1, 0.15) is 11.4 Å². The van der Waals surface area contributed by atoms with Crippen LogP contribution in [0.3, 0.4) is 0 Å². The lowest BCUT2D eigenvalue weighted by Crippen LogP contribution is -2.36. The van der Waals surface area contributed by atoms with E-state index in [0.717, 1.165) is 37.9 Å². The molecule has 0 spiro atoms. The predicted octanol–water partition coefficient (Wildman–Crippen LogP) is 8.98. The zero-order valence-corrected chi connectivity index (χ0v) is 20.7. The summed E-state index contributed by atoms with van der Waals surface area (Å²) in [5.41, 5.74) is 8.46. The zero-order valence-electron chi connectivity index (χ0n) is 20.7. The highest BCUT2D eigenvalue weighted by atomic mass is 16.5. The average molecular weight is 409 g/mol. The fraction of sp³-hybridized carbons (Fsp3) is 0.586. The second-order valence-corrected chi connectivity index (χ2v) is 9.90. The maximum Gasteiger partial charge on any atom is 0.126 e. The van der Waals surface area contributed by atoms with Crippen LogP contribution in [0, 0.1) is 13.8 Å². The van der Waals surface area contributed by atoms with Crippen molar-refractivity contribution in [3.8, 4) is 5.75 Å². The van der Waals surface area contributed by atoms with Crippen molar-refractivity contribution < 1.29 is 4.74 Å². The van der Waals surface area contributed by atoms with Crippen LogP contribution in [0.4, 0.5) is 0 Å². The van der Waals surface area contributed by atoms with Crippen molar-refractivity contribution in [1.82, 2.24) is 0 Å². The number of ether oxygens (including phenoxy) is 1. The monoisotopic (exact) mass is 408 g/mol. The van der Waals surface area contributed by atoms with E-state index < -0.39 is 0 Å². The molecule has 1 aromatic carbocycles. The van der Waals surface area contributed by atoms with Crippen molar-refractivity contribution in [3.63, 3.8) is 0 Å². The number of benzene rings is 1. The fourth-order valence-corrected chi connectivity index (χ4v) is 4.20. The molecule has 1 heteroatoms. The summed E-state index contributed by atoms with van der Waals surface area (Å²) in [6.07, 6.45) is 17.7. The Kier molecular flexibility index (Phi) is 9.46. The first-order valence-corrected chi connectivity index (χ1v) is 11.9. The number of hydrogen-bond acceptors (Lipinski definition) is 1. The van der Waals surface area contributed by atoms with E-state index in [-0.39, 0.29) is 5.60 Å². The van der Waals surface area contributed by atoms with E-state index in [9.17, 15) is 0 Å². The Morgan fingerprint density at radius 3 is 2.37 bits per heavy atom. The second-order valence-electron chi connectivity index (χ2n) is 9.90. The van der Waals surface area contributed by atoms with Gasteiger partial charge < -0.3 is 4.74 Å². The molecule has 1 unspecified atom stereocenters. The van der Waals surface area contributed by atoms with Gasteiger partial charge in [-0.1, -0.05) is 47.1 Å². The number of aryl methyl sites for hydroxylation is 2. The molecule has 1 aromatic rings. The normalized spacial score (nSPS) is 19.3. The summed E-state index contributed by atoms with van der Waals surface area (Å²) in [6.45, 7) is 15.6. The average Bonchev–Trinajstić information content (AvgIpc) is 2.68. The molecule has 0 saturated carbocycles. The first-order valence-electron chi connectivity index (χ1n) is 11.9. The lowest BCUT2D eigenvalue weighted by molar-refractivity contribution is 0.0562. The molecule has 0 saturated heterocycles. The summed E-state index contributed by atoms with van der Waals surface area (Å²) in [5.74, 6) is 1.15. The third-order valence-corrected chi connectivity index (χ3v) is 6.56. The SMILES string of the molecule is CC(C)=CCCC/C(C)=C/CC/C(C)=C/CCC1(C)CCc2ccc(C)c(C)c2O1. The van der Waals surface area contributed by atoms with Gasteiger partial charge in [-0.2, -0.15) is 0 Å². The van der Waals surface area contributed by atoms with Gasteiger partial charge in [0.2, 0.25) is 0 Å². The highest BCUT2D eigenvalue weighted by Gasteiger charge is 2.31. The first kappa shape index (κ1) is 24.5. The van der Waals surface area contributed by atoms with E-state index >= 15 is 0 Å². The number of unbranched alkanes of at least 4 members (excludes halogenated alkanes) is 1. The molecule has 0 radical (unpaired) electrons. The standard InChI is InChI=1S/C29H44O/c1-22(2)12-8-9-13-23(3)14-10-15-24(4)16-11-20-29(7)21-19-27-18-17-25(5)26(6)28(27)30-29/h12,14,16-18H,8-11,13,15,19-21H2,1-7H3/b23-14+,24-16+. The molecule has 0 aliphatic carbocycles. The molecule has 30 heavy (non-hydrogen) atoms. The van der Waals surface area contributed by atoms with Crippen LogP contribution in [0.2, 0.25) is 0 Å². The lowest BCUT2D eigenvalue weighted by Gasteiger charge is -2.37. The van der Waals surface area contributed by atoms with Crippen LogP contribution in [0.1, 0.15) is 103 Å². The molecule has 2 rings (SSSR count). The van der Waals surface area contributed by atoms with Crippen molar-refractivity contribution >= 4 is 0 Å². The second kappa shape index (κ2) is 11.6. The number of rotatable bonds is 10. The van der Waals surface area contributed by atoms with Crippen molar-refractivity contribution in [3.05, 3.63) is 63.8 Å². The smallest absolute Gasteiger partial charge is 0.126 e. The highest BCUT2D eigenvalue weighted by Crippen LogP contribution is 2.39. The van der Waals surface area contributed by atoms with Crippen molar-refractivity contribution in [2.75, 3.05) is 0 Å². The van der Waals surface area contributed by atoms with E-state index in [2.05, 4.69) is 78.8 Å². The molecule has 1 heterocycles. The summed E-state index contributed by atoms with van der Waals surface area (Å²) in [7, 11) is 0. The molecule has 0 fully saturated rings. The molecule has 0 N–H and O–H groups in total. The summed E-state index contributed by atoms with van der Waals surface area (Å²) >= 11 is 0. The third kappa shape index (κ3) is 7.82. The highest BCUT2D eigenvalue weighted by molar-refractivity contribution is 5.47. The number of allylic oxidation sites excluding steroid dienone is 6. The number of fused-ring (bicyclic) bond motifs is 1. The summed E-state index contributed by atoms with van der Waals surface area (Å²) in [4.78, 5) is 0. The van der Waals surface area contributed by atoms with Gasteiger partial charge in [-0.05, 0) is 123 Å². The zero-order chi connectivity index (χ0) is 22.1. The van der Waals surface area contributed by atoms with Crippen LogP contribution < -0.4 is 4.74 Å². The van der Waals surface area contributed by atoms with Crippen LogP contribution in [-0.2, 0) is 6.42 Å². The van der Waals surface area contributed by atoms with Crippen LogP contribution in [0.15, 0.2) is 47.1 Å². The van der Waals surface area contributed by atoms with Crippen LogP contribution in [-0.4, -0.2) is 5.60 Å². The lowest BCUT2D eigenvalue weighted by atomic mass is 9.87. The van der Waals surface area contributed by atoms with Gasteiger partial charge in [0, 0.05) is 0 Å². The Hall–Kier alpha value is -1.76. The van der Waals surface area contributed by atoms with E-state index in [1.165, 1.54) is 59.1 Å². The van der Waals surface area contributed by atoms with E-state index in [4.69, 9.17) is 4.74 Å². The quantitative estimate of drug-likeness (QED) is 0.277. The van der Waals surface area contributed by atoms with E-state index in [1.54, 1.807) is 0 Å². The maximum atomic E-state index is 6.54. The predicted molar refractivity (Wildman–Crippen MR) is 133 cm³/mol. The molecular weight excluding hydrogens is 364 g/mol. The molecule has 1 aliphatic heterocycles. The molecule has 166 valence electrons. The van der Waals surface area contributed by atoms with Gasteiger partial charge in [0.15, 0.2) is 0 Å². The molecular formula is C29H44O. The Morgan fingerprint density at radius 2 is 1.63 bits per heavy atom. The Balaban J connectivity index is 1.76. The van der Waals surface area contributed by atoms with Gasteiger partial charge in [-0.25, -0.2) is 0 Å².